The van der Waals surface area contributed by atoms with E-state index in [-0.39, 0.29) is 18.0 Å². The van der Waals surface area contributed by atoms with E-state index in [4.69, 9.17) is 17.2 Å². The number of nitrogens with one attached hydrogen (secondary N) is 1. The zero-order chi connectivity index (χ0) is 15.1. The average molecular weight is 276 g/mol. The maximum absolute atomic E-state index is 11.8. The lowest BCUT2D eigenvalue weighted by molar-refractivity contribution is -0.114. The van der Waals surface area contributed by atoms with Crippen molar-refractivity contribution in [1.82, 2.24) is 5.32 Å². The van der Waals surface area contributed by atoms with E-state index in [9.17, 15) is 14.4 Å². The zero-order valence-corrected chi connectivity index (χ0v) is 10.8. The number of benzene rings is 1. The van der Waals surface area contributed by atoms with Gasteiger partial charge in [-0.1, -0.05) is 12.1 Å². The second-order valence-corrected chi connectivity index (χ2v) is 4.10. The molecule has 1 aromatic carbocycles. The van der Waals surface area contributed by atoms with E-state index in [1.807, 2.05) is 0 Å². The molecule has 0 aliphatic heterocycles. The van der Waals surface area contributed by atoms with Gasteiger partial charge in [0.15, 0.2) is 0 Å². The lowest BCUT2D eigenvalue weighted by atomic mass is 10.1. The lowest BCUT2D eigenvalue weighted by Gasteiger charge is -2.11. The third-order valence-corrected chi connectivity index (χ3v) is 2.68. The highest BCUT2D eigenvalue weighted by Gasteiger charge is 2.17. The van der Waals surface area contributed by atoms with E-state index in [2.05, 4.69) is 5.32 Å². The summed E-state index contributed by atoms with van der Waals surface area (Å²) in [6, 6.07) is 5.71. The van der Waals surface area contributed by atoms with Crippen molar-refractivity contribution in [3.63, 3.8) is 0 Å². The van der Waals surface area contributed by atoms with Crippen LogP contribution in [0.2, 0.25) is 0 Å². The first-order valence-electron chi connectivity index (χ1n) is 5.87. The molecule has 0 aromatic heterocycles. The van der Waals surface area contributed by atoms with Gasteiger partial charge in [0, 0.05) is 18.7 Å². The molecule has 0 saturated carbocycles. The Kier molecular flexibility index (Phi) is 5.61. The first-order chi connectivity index (χ1) is 9.49. The molecule has 0 saturated heterocycles. The Balaban J connectivity index is 2.62. The maximum atomic E-state index is 11.8. The number of hydrogen-bond donors (Lipinski definition) is 4. The fourth-order valence-corrected chi connectivity index (χ4v) is 1.51. The minimum atomic E-state index is -0.989. The van der Waals surface area contributed by atoms with Gasteiger partial charge in [0.25, 0.3) is 11.8 Å². The standard InChI is InChI=1S/C13H16N4O3/c14-5-8-1-3-9(4-2-8)13(20)17-6-11(15)10(7-18)12(16)19/h1-4,11H,5-6,14-15H2,(H2,16,19)(H,17,20). The SMILES string of the molecule is NCc1ccc(C(=O)NCC(N)C(=C=O)C(N)=O)cc1. The number of primary amides is 1. The summed E-state index contributed by atoms with van der Waals surface area (Å²) in [5.74, 6) is 0.0557. The predicted molar refractivity (Wildman–Crippen MR) is 73.0 cm³/mol. The third kappa shape index (κ3) is 4.03. The molecule has 0 aliphatic rings. The first kappa shape index (κ1) is 15.6. The van der Waals surface area contributed by atoms with Gasteiger partial charge in [-0.25, -0.2) is 4.79 Å². The number of amides is 2. The molecule has 2 amide bonds. The molecule has 0 spiro atoms. The van der Waals surface area contributed by atoms with E-state index in [1.165, 1.54) is 5.94 Å². The molecular formula is C13H16N4O3. The van der Waals surface area contributed by atoms with Gasteiger partial charge in [0.2, 0.25) is 0 Å². The molecule has 0 aliphatic carbocycles. The van der Waals surface area contributed by atoms with Crippen LogP contribution in [0.25, 0.3) is 0 Å². The highest BCUT2D eigenvalue weighted by atomic mass is 16.2. The van der Waals surface area contributed by atoms with E-state index in [1.54, 1.807) is 24.3 Å². The summed E-state index contributed by atoms with van der Waals surface area (Å²) < 4.78 is 0. The molecule has 1 unspecified atom stereocenters. The fourth-order valence-electron chi connectivity index (χ4n) is 1.51. The van der Waals surface area contributed by atoms with Crippen LogP contribution in [-0.2, 0) is 16.1 Å². The van der Waals surface area contributed by atoms with Crippen LogP contribution in [0.4, 0.5) is 0 Å². The highest BCUT2D eigenvalue weighted by molar-refractivity contribution is 6.01. The van der Waals surface area contributed by atoms with Gasteiger partial charge in [0.05, 0.1) is 6.04 Å². The Morgan fingerprint density at radius 3 is 2.30 bits per heavy atom. The van der Waals surface area contributed by atoms with Crippen LogP contribution < -0.4 is 22.5 Å². The van der Waals surface area contributed by atoms with Crippen LogP contribution in [0.3, 0.4) is 0 Å². The molecule has 0 fully saturated rings. The molecule has 20 heavy (non-hydrogen) atoms. The second kappa shape index (κ2) is 7.20. The normalized spacial score (nSPS) is 11.3. The Hall–Kier alpha value is -2.47. The van der Waals surface area contributed by atoms with E-state index >= 15 is 0 Å². The minimum Gasteiger partial charge on any atom is -0.365 e. The van der Waals surface area contributed by atoms with Gasteiger partial charge < -0.3 is 22.5 Å². The van der Waals surface area contributed by atoms with Crippen LogP contribution in [0.5, 0.6) is 0 Å². The molecule has 1 atom stereocenters. The van der Waals surface area contributed by atoms with Gasteiger partial charge >= 0.3 is 0 Å². The molecule has 7 nitrogen and oxygen atoms in total. The summed E-state index contributed by atoms with van der Waals surface area (Å²) >= 11 is 0. The van der Waals surface area contributed by atoms with Gasteiger partial charge in [0.1, 0.15) is 11.5 Å². The smallest absolute Gasteiger partial charge is 0.257 e. The average Bonchev–Trinajstić information content (AvgIpc) is 2.45. The van der Waals surface area contributed by atoms with Crippen molar-refractivity contribution in [3.05, 3.63) is 41.0 Å². The molecule has 0 heterocycles. The second-order valence-electron chi connectivity index (χ2n) is 4.10. The topological polar surface area (TPSA) is 141 Å². The molecule has 7 heteroatoms. The van der Waals surface area contributed by atoms with Crippen LogP contribution in [-0.4, -0.2) is 30.3 Å². The zero-order valence-electron chi connectivity index (χ0n) is 10.8. The summed E-state index contributed by atoms with van der Waals surface area (Å²) in [6.45, 7) is 0.295. The van der Waals surface area contributed by atoms with Crippen molar-refractivity contribution < 1.29 is 14.4 Å². The molecule has 0 bridgehead atoms. The summed E-state index contributed by atoms with van der Waals surface area (Å²) in [4.78, 5) is 33.2. The van der Waals surface area contributed by atoms with Gasteiger partial charge in [-0.2, -0.15) is 0 Å². The highest BCUT2D eigenvalue weighted by Crippen LogP contribution is 2.03. The van der Waals surface area contributed by atoms with E-state index in [0.717, 1.165) is 5.56 Å². The van der Waals surface area contributed by atoms with Gasteiger partial charge in [-0.3, -0.25) is 9.59 Å². The summed E-state index contributed by atoms with van der Waals surface area (Å²) in [7, 11) is 0. The Morgan fingerprint density at radius 1 is 1.25 bits per heavy atom. The number of nitrogens with two attached hydrogens (primary N) is 3. The Bertz CT molecular complexity index is 547. The van der Waals surface area contributed by atoms with Crippen molar-refractivity contribution in [2.24, 2.45) is 17.2 Å². The van der Waals surface area contributed by atoms with Gasteiger partial charge in [-0.15, -0.1) is 0 Å². The van der Waals surface area contributed by atoms with Crippen LogP contribution in [0.1, 0.15) is 15.9 Å². The van der Waals surface area contributed by atoms with Crippen LogP contribution >= 0.6 is 0 Å². The molecular weight excluding hydrogens is 260 g/mol. The largest absolute Gasteiger partial charge is 0.365 e. The Morgan fingerprint density at radius 2 is 1.85 bits per heavy atom. The molecule has 1 rings (SSSR count). The van der Waals surface area contributed by atoms with Crippen LogP contribution in [0.15, 0.2) is 29.8 Å². The maximum Gasteiger partial charge on any atom is 0.257 e. The summed E-state index contributed by atoms with van der Waals surface area (Å²) in [5, 5.41) is 2.50. The van der Waals surface area contributed by atoms with Crippen molar-refractivity contribution in [2.75, 3.05) is 6.54 Å². The fraction of sp³-hybridized carbons (Fsp3) is 0.231. The summed E-state index contributed by atoms with van der Waals surface area (Å²) in [5.41, 5.74) is 16.9. The third-order valence-electron chi connectivity index (χ3n) is 2.68. The number of rotatable bonds is 6. The summed E-state index contributed by atoms with van der Waals surface area (Å²) in [6.07, 6.45) is 0. The minimum absolute atomic E-state index is 0.0923. The predicted octanol–water partition coefficient (Wildman–Crippen LogP) is -1.55. The quantitative estimate of drug-likeness (QED) is 0.367. The van der Waals surface area contributed by atoms with Crippen molar-refractivity contribution in [1.29, 1.82) is 0 Å². The van der Waals surface area contributed by atoms with E-state index < -0.39 is 11.9 Å². The number of carbonyl (C=O) groups excluding carboxylic acids is 3. The molecule has 7 N–H and O–H groups in total. The monoisotopic (exact) mass is 276 g/mol. The Labute approximate surface area is 115 Å². The lowest BCUT2D eigenvalue weighted by Crippen LogP contribution is -2.42. The van der Waals surface area contributed by atoms with Crippen molar-refractivity contribution in [3.8, 4) is 0 Å². The molecule has 1 aromatic rings. The number of hydrogen-bond acceptors (Lipinski definition) is 5. The number of carbonyl (C=O) groups is 2. The van der Waals surface area contributed by atoms with Crippen molar-refractivity contribution in [2.45, 2.75) is 12.6 Å². The van der Waals surface area contributed by atoms with Gasteiger partial charge in [-0.05, 0) is 17.7 Å². The van der Waals surface area contributed by atoms with Crippen molar-refractivity contribution >= 4 is 17.8 Å². The van der Waals surface area contributed by atoms with Crippen LogP contribution in [0, 0.1) is 0 Å². The van der Waals surface area contributed by atoms with E-state index in [0.29, 0.717) is 12.1 Å². The molecule has 106 valence electrons. The molecule has 0 radical (unpaired) electrons. The first-order valence-corrected chi connectivity index (χ1v) is 5.87.